The first-order chi connectivity index (χ1) is 21.7. The van der Waals surface area contributed by atoms with Crippen molar-refractivity contribution in [2.24, 2.45) is 0 Å². The smallest absolute Gasteiger partial charge is 0.141 e. The molecule has 0 unspecified atom stereocenters. The van der Waals surface area contributed by atoms with Crippen LogP contribution in [0.1, 0.15) is 5.56 Å². The molecule has 8 rings (SSSR count). The topological polar surface area (TPSA) is 52.5 Å². The van der Waals surface area contributed by atoms with E-state index in [2.05, 4.69) is 108 Å². The van der Waals surface area contributed by atoms with E-state index >= 15 is 0 Å². The van der Waals surface area contributed by atoms with Gasteiger partial charge in [0.1, 0.15) is 17.1 Å². The summed E-state index contributed by atoms with van der Waals surface area (Å²) in [5, 5.41) is 11.8. The van der Waals surface area contributed by atoms with E-state index in [9.17, 15) is 5.11 Å². The summed E-state index contributed by atoms with van der Waals surface area (Å²) >= 11 is 0. The summed E-state index contributed by atoms with van der Waals surface area (Å²) in [5.74, 6) is 1.01. The number of hydrogen-bond donors (Lipinski definition) is 1. The molecule has 0 spiro atoms. The fourth-order valence-electron chi connectivity index (χ4n) is 6.13. The van der Waals surface area contributed by atoms with Crippen molar-refractivity contribution < 1.29 is 5.11 Å². The zero-order valence-corrected chi connectivity index (χ0v) is 24.1. The van der Waals surface area contributed by atoms with Crippen LogP contribution in [0.15, 0.2) is 146 Å². The van der Waals surface area contributed by atoms with Gasteiger partial charge < -0.3 is 10.0 Å². The lowest BCUT2D eigenvalue weighted by molar-refractivity contribution is 0.480. The van der Waals surface area contributed by atoms with Gasteiger partial charge >= 0.3 is 0 Å². The summed E-state index contributed by atoms with van der Waals surface area (Å²) in [5.41, 5.74) is 10.8. The van der Waals surface area contributed by atoms with Crippen molar-refractivity contribution in [1.82, 2.24) is 9.97 Å². The number of benzene rings is 5. The molecule has 1 aliphatic rings. The maximum atomic E-state index is 10.9. The third-order valence-electron chi connectivity index (χ3n) is 8.18. The fraction of sp³-hybridized carbons (Fsp3) is 0.0256. The molecule has 1 N–H and O–H groups in total. The molecule has 1 aliphatic heterocycles. The second-order valence-corrected chi connectivity index (χ2v) is 11.0. The van der Waals surface area contributed by atoms with Crippen molar-refractivity contribution in [3.63, 3.8) is 0 Å². The molecule has 2 aromatic heterocycles. The molecule has 0 bridgehead atoms. The van der Waals surface area contributed by atoms with Crippen molar-refractivity contribution in [3.8, 4) is 28.1 Å². The van der Waals surface area contributed by atoms with Crippen molar-refractivity contribution in [3.05, 3.63) is 151 Å². The zero-order valence-electron chi connectivity index (χ0n) is 24.1. The molecule has 0 aliphatic carbocycles. The van der Waals surface area contributed by atoms with Crippen LogP contribution in [0.25, 0.3) is 33.3 Å². The van der Waals surface area contributed by atoms with Crippen LogP contribution in [-0.2, 0) is 0 Å². The molecule has 0 saturated carbocycles. The molecule has 0 amide bonds. The summed E-state index contributed by atoms with van der Waals surface area (Å²) in [6, 6.07) is 47.4. The number of fused-ring (bicyclic) bond motifs is 3. The number of hydrogen-bond acceptors (Lipinski definition) is 5. The second kappa shape index (κ2) is 10.4. The molecule has 7 aromatic rings. The van der Waals surface area contributed by atoms with Crippen LogP contribution >= 0.6 is 0 Å². The molecule has 210 valence electrons. The summed E-state index contributed by atoms with van der Waals surface area (Å²) in [4.78, 5) is 14.4. The van der Waals surface area contributed by atoms with E-state index < -0.39 is 0 Å². The number of rotatable bonds is 4. The van der Waals surface area contributed by atoms with Crippen molar-refractivity contribution in [2.75, 3.05) is 9.80 Å². The summed E-state index contributed by atoms with van der Waals surface area (Å²) in [6.07, 6.45) is 1.86. The molecule has 3 heterocycles. The van der Waals surface area contributed by atoms with E-state index in [1.165, 1.54) is 0 Å². The van der Waals surface area contributed by atoms with Gasteiger partial charge in [-0.1, -0.05) is 66.7 Å². The number of aromatic nitrogens is 2. The van der Waals surface area contributed by atoms with Crippen LogP contribution in [0.3, 0.4) is 0 Å². The number of aromatic hydroxyl groups is 1. The lowest BCUT2D eigenvalue weighted by Crippen LogP contribution is -2.24. The molecule has 0 atom stereocenters. The molecular formula is C39H28N4O. The standard InChI is InChI=1S/C39H28N4O/c1-26-22-23-40-38(24-26)43-34-15-9-8-14-33(34)42(29-12-6-3-7-13-29)35-20-16-28(25-36(35)43)32-19-17-31-30(27-10-4-2-5-11-27)18-21-37(44)39(31)41-32/h2-25,44H,1H3. The van der Waals surface area contributed by atoms with E-state index in [1.807, 2.05) is 48.7 Å². The van der Waals surface area contributed by atoms with E-state index in [-0.39, 0.29) is 5.75 Å². The van der Waals surface area contributed by atoms with E-state index in [4.69, 9.17) is 9.97 Å². The van der Waals surface area contributed by atoms with Gasteiger partial charge in [-0.3, -0.25) is 4.90 Å². The highest BCUT2D eigenvalue weighted by Gasteiger charge is 2.31. The normalized spacial score (nSPS) is 12.2. The van der Waals surface area contributed by atoms with Crippen molar-refractivity contribution >= 4 is 45.2 Å². The Morgan fingerprint density at radius 3 is 2.05 bits per heavy atom. The quantitative estimate of drug-likeness (QED) is 0.229. The average molecular weight is 569 g/mol. The van der Waals surface area contributed by atoms with Crippen molar-refractivity contribution in [1.29, 1.82) is 0 Å². The number of para-hydroxylation sites is 3. The maximum absolute atomic E-state index is 10.9. The number of pyridine rings is 2. The second-order valence-electron chi connectivity index (χ2n) is 11.0. The first kappa shape index (κ1) is 25.7. The Morgan fingerprint density at radius 2 is 1.27 bits per heavy atom. The maximum Gasteiger partial charge on any atom is 0.141 e. The van der Waals surface area contributed by atoms with E-state index in [1.54, 1.807) is 6.07 Å². The van der Waals surface area contributed by atoms with Gasteiger partial charge in [-0.25, -0.2) is 9.97 Å². The minimum atomic E-state index is 0.161. The highest BCUT2D eigenvalue weighted by atomic mass is 16.3. The van der Waals surface area contributed by atoms with Gasteiger partial charge in [-0.15, -0.1) is 0 Å². The Balaban J connectivity index is 1.34. The first-order valence-electron chi connectivity index (χ1n) is 14.7. The molecule has 0 saturated heterocycles. The number of phenols is 1. The SMILES string of the molecule is Cc1ccnc(N2c3ccccc3N(c3ccccc3)c3ccc(-c4ccc5c(-c6ccccc6)ccc(O)c5n4)cc32)c1. The number of aryl methyl sites for hydroxylation is 1. The monoisotopic (exact) mass is 568 g/mol. The third kappa shape index (κ3) is 4.26. The Hall–Kier alpha value is -5.94. The predicted octanol–water partition coefficient (Wildman–Crippen LogP) is 10.2. The Labute approximate surface area is 256 Å². The van der Waals surface area contributed by atoms with Crippen LogP contribution in [0, 0.1) is 6.92 Å². The van der Waals surface area contributed by atoms with E-state index in [0.717, 1.165) is 67.6 Å². The largest absolute Gasteiger partial charge is 0.506 e. The van der Waals surface area contributed by atoms with Gasteiger partial charge in [0.25, 0.3) is 0 Å². The van der Waals surface area contributed by atoms with Gasteiger partial charge in [-0.2, -0.15) is 0 Å². The molecule has 44 heavy (non-hydrogen) atoms. The molecule has 0 fully saturated rings. The zero-order chi connectivity index (χ0) is 29.6. The van der Waals surface area contributed by atoms with Gasteiger partial charge in [0.2, 0.25) is 0 Å². The Bertz CT molecular complexity index is 2160. The molecule has 5 nitrogen and oxygen atoms in total. The van der Waals surface area contributed by atoms with Crippen LogP contribution in [0.2, 0.25) is 0 Å². The molecule has 0 radical (unpaired) electrons. The molecular weight excluding hydrogens is 540 g/mol. The molecule has 5 heteroatoms. The summed E-state index contributed by atoms with van der Waals surface area (Å²) < 4.78 is 0. The van der Waals surface area contributed by atoms with Crippen LogP contribution < -0.4 is 9.80 Å². The minimum Gasteiger partial charge on any atom is -0.506 e. The van der Waals surface area contributed by atoms with Gasteiger partial charge in [-0.05, 0) is 96.4 Å². The fourth-order valence-corrected chi connectivity index (χ4v) is 6.13. The third-order valence-corrected chi connectivity index (χ3v) is 8.18. The highest BCUT2D eigenvalue weighted by molar-refractivity contribution is 6.03. The van der Waals surface area contributed by atoms with Crippen molar-refractivity contribution in [2.45, 2.75) is 6.92 Å². The van der Waals surface area contributed by atoms with Crippen LogP contribution in [0.5, 0.6) is 5.75 Å². The van der Waals surface area contributed by atoms with Crippen LogP contribution in [0.4, 0.5) is 34.3 Å². The Kier molecular flexibility index (Phi) is 6.09. The minimum absolute atomic E-state index is 0.161. The molecule has 5 aromatic carbocycles. The van der Waals surface area contributed by atoms with Gasteiger partial charge in [0, 0.05) is 22.8 Å². The average Bonchev–Trinajstić information content (AvgIpc) is 3.08. The number of phenolic OH excluding ortho intramolecular Hbond substituents is 1. The summed E-state index contributed by atoms with van der Waals surface area (Å²) in [6.45, 7) is 2.09. The highest BCUT2D eigenvalue weighted by Crippen LogP contribution is 2.54. The summed E-state index contributed by atoms with van der Waals surface area (Å²) in [7, 11) is 0. The van der Waals surface area contributed by atoms with E-state index in [0.29, 0.717) is 5.52 Å². The predicted molar refractivity (Wildman–Crippen MR) is 180 cm³/mol. The number of anilines is 6. The van der Waals surface area contributed by atoms with Crippen LogP contribution in [-0.4, -0.2) is 15.1 Å². The first-order valence-corrected chi connectivity index (χ1v) is 14.7. The lowest BCUT2D eigenvalue weighted by atomic mass is 9.98. The lowest BCUT2D eigenvalue weighted by Gasteiger charge is -2.40. The Morgan fingerprint density at radius 1 is 0.568 bits per heavy atom. The number of nitrogens with zero attached hydrogens (tertiary/aromatic N) is 4. The van der Waals surface area contributed by atoms with Gasteiger partial charge in [0.05, 0.1) is 28.4 Å². The van der Waals surface area contributed by atoms with Gasteiger partial charge in [0.15, 0.2) is 0 Å².